The molecule has 1 heterocycles. The Morgan fingerprint density at radius 2 is 2.00 bits per heavy atom. The maximum Gasteiger partial charge on any atom is 0.354 e. The molecule has 1 rings (SSSR count). The van der Waals surface area contributed by atoms with Crippen molar-refractivity contribution in [2.45, 2.75) is 26.7 Å². The quantitative estimate of drug-likeness (QED) is 0.747. The van der Waals surface area contributed by atoms with Crippen molar-refractivity contribution in [1.29, 1.82) is 0 Å². The van der Waals surface area contributed by atoms with Gasteiger partial charge in [0.25, 0.3) is 0 Å². The van der Waals surface area contributed by atoms with Gasteiger partial charge in [0.1, 0.15) is 11.6 Å². The van der Waals surface area contributed by atoms with Gasteiger partial charge < -0.3 is 10.8 Å². The fourth-order valence-corrected chi connectivity index (χ4v) is 1.23. The minimum absolute atomic E-state index is 0.0249. The van der Waals surface area contributed by atoms with E-state index >= 15 is 0 Å². The SMILES string of the molecule is CCc1nc(N)c(CC)c(C(=O)O)n1. The van der Waals surface area contributed by atoms with Crippen LogP contribution in [-0.4, -0.2) is 21.0 Å². The van der Waals surface area contributed by atoms with Crippen molar-refractivity contribution in [3.05, 3.63) is 17.1 Å². The highest BCUT2D eigenvalue weighted by Gasteiger charge is 2.15. The third-order valence-corrected chi connectivity index (χ3v) is 1.96. The van der Waals surface area contributed by atoms with Crippen molar-refractivity contribution in [3.63, 3.8) is 0 Å². The fourth-order valence-electron chi connectivity index (χ4n) is 1.23. The lowest BCUT2D eigenvalue weighted by Gasteiger charge is -2.07. The van der Waals surface area contributed by atoms with Crippen LogP contribution in [0, 0.1) is 0 Å². The molecule has 0 amide bonds. The predicted octanol–water partition coefficient (Wildman–Crippen LogP) is 0.882. The molecule has 5 nitrogen and oxygen atoms in total. The summed E-state index contributed by atoms with van der Waals surface area (Å²) in [5.74, 6) is -0.306. The van der Waals surface area contributed by atoms with E-state index in [0.717, 1.165) is 0 Å². The smallest absolute Gasteiger partial charge is 0.354 e. The van der Waals surface area contributed by atoms with Crippen molar-refractivity contribution in [1.82, 2.24) is 9.97 Å². The number of hydrogen-bond donors (Lipinski definition) is 2. The van der Waals surface area contributed by atoms with Gasteiger partial charge in [-0.15, -0.1) is 0 Å². The minimum Gasteiger partial charge on any atom is -0.476 e. The van der Waals surface area contributed by atoms with Crippen LogP contribution in [0.2, 0.25) is 0 Å². The Balaban J connectivity index is 3.35. The molecule has 1 aromatic heterocycles. The first-order valence-corrected chi connectivity index (χ1v) is 4.48. The first-order chi connectivity index (χ1) is 6.60. The molecule has 0 aromatic carbocycles. The first-order valence-electron chi connectivity index (χ1n) is 4.48. The molecule has 0 unspecified atom stereocenters. The Morgan fingerprint density at radius 3 is 2.43 bits per heavy atom. The van der Waals surface area contributed by atoms with Crippen LogP contribution < -0.4 is 5.73 Å². The summed E-state index contributed by atoms with van der Waals surface area (Å²) in [6.45, 7) is 3.68. The lowest BCUT2D eigenvalue weighted by atomic mass is 10.1. The molecule has 0 aliphatic heterocycles. The Hall–Kier alpha value is -1.65. The first kappa shape index (κ1) is 10.4. The molecule has 5 heteroatoms. The lowest BCUT2D eigenvalue weighted by Crippen LogP contribution is -2.12. The fraction of sp³-hybridized carbons (Fsp3) is 0.444. The number of hydrogen-bond acceptors (Lipinski definition) is 4. The largest absolute Gasteiger partial charge is 0.476 e. The van der Waals surface area contributed by atoms with Crippen LogP contribution in [0.5, 0.6) is 0 Å². The topological polar surface area (TPSA) is 89.1 Å². The molecule has 0 aliphatic carbocycles. The van der Waals surface area contributed by atoms with Crippen LogP contribution in [0.15, 0.2) is 0 Å². The monoisotopic (exact) mass is 195 g/mol. The molecular weight excluding hydrogens is 182 g/mol. The second-order valence-corrected chi connectivity index (χ2v) is 2.86. The molecule has 1 aromatic rings. The molecule has 76 valence electrons. The zero-order chi connectivity index (χ0) is 10.7. The molecule has 0 spiro atoms. The van der Waals surface area contributed by atoms with Gasteiger partial charge in [-0.3, -0.25) is 0 Å². The molecule has 0 bridgehead atoms. The summed E-state index contributed by atoms with van der Waals surface area (Å²) in [7, 11) is 0. The van der Waals surface area contributed by atoms with Gasteiger partial charge >= 0.3 is 5.97 Å². The van der Waals surface area contributed by atoms with Gasteiger partial charge in [0, 0.05) is 12.0 Å². The molecule has 14 heavy (non-hydrogen) atoms. The van der Waals surface area contributed by atoms with E-state index in [0.29, 0.717) is 24.2 Å². The number of carboxylic acids is 1. The Morgan fingerprint density at radius 1 is 1.36 bits per heavy atom. The van der Waals surface area contributed by atoms with Crippen molar-refractivity contribution in [2.24, 2.45) is 0 Å². The molecule has 0 atom stereocenters. The Kier molecular flexibility index (Phi) is 3.01. The highest BCUT2D eigenvalue weighted by Crippen LogP contribution is 2.14. The van der Waals surface area contributed by atoms with Crippen LogP contribution in [0.4, 0.5) is 5.82 Å². The van der Waals surface area contributed by atoms with Gasteiger partial charge in [0.15, 0.2) is 5.69 Å². The third kappa shape index (κ3) is 1.81. The zero-order valence-corrected chi connectivity index (χ0v) is 8.24. The molecule has 0 fully saturated rings. The van der Waals surface area contributed by atoms with E-state index in [9.17, 15) is 4.79 Å². The van der Waals surface area contributed by atoms with Gasteiger partial charge in [-0.2, -0.15) is 0 Å². The highest BCUT2D eigenvalue weighted by molar-refractivity contribution is 5.88. The number of anilines is 1. The van der Waals surface area contributed by atoms with Crippen LogP contribution in [0.1, 0.15) is 35.7 Å². The van der Waals surface area contributed by atoms with E-state index in [1.807, 2.05) is 13.8 Å². The summed E-state index contributed by atoms with van der Waals surface area (Å²) in [5, 5.41) is 8.90. The molecule has 0 saturated carbocycles. The molecule has 0 saturated heterocycles. The van der Waals surface area contributed by atoms with Crippen molar-refractivity contribution >= 4 is 11.8 Å². The van der Waals surface area contributed by atoms with Gasteiger partial charge in [-0.1, -0.05) is 13.8 Å². The van der Waals surface area contributed by atoms with E-state index in [-0.39, 0.29) is 11.5 Å². The average molecular weight is 195 g/mol. The van der Waals surface area contributed by atoms with Crippen LogP contribution in [0.3, 0.4) is 0 Å². The molecule has 0 aliphatic rings. The summed E-state index contributed by atoms with van der Waals surface area (Å²) in [6, 6.07) is 0. The van der Waals surface area contributed by atoms with Gasteiger partial charge in [-0.05, 0) is 6.42 Å². The number of carboxylic acid groups (broad SMARTS) is 1. The minimum atomic E-state index is -1.05. The molecule has 3 N–H and O–H groups in total. The summed E-state index contributed by atoms with van der Waals surface area (Å²) in [4.78, 5) is 18.8. The maximum absolute atomic E-state index is 10.9. The zero-order valence-electron chi connectivity index (χ0n) is 8.24. The van der Waals surface area contributed by atoms with Crippen molar-refractivity contribution in [2.75, 3.05) is 5.73 Å². The third-order valence-electron chi connectivity index (χ3n) is 1.96. The number of nitrogens with zero attached hydrogens (tertiary/aromatic N) is 2. The average Bonchev–Trinajstić information content (AvgIpc) is 2.16. The summed E-state index contributed by atoms with van der Waals surface area (Å²) < 4.78 is 0. The number of aromatic nitrogens is 2. The van der Waals surface area contributed by atoms with Crippen LogP contribution in [-0.2, 0) is 12.8 Å². The van der Waals surface area contributed by atoms with E-state index in [1.165, 1.54) is 0 Å². The normalized spacial score (nSPS) is 10.1. The number of nitrogen functional groups attached to an aromatic ring is 1. The van der Waals surface area contributed by atoms with Gasteiger partial charge in [0.2, 0.25) is 0 Å². The van der Waals surface area contributed by atoms with Crippen LogP contribution >= 0.6 is 0 Å². The predicted molar refractivity (Wildman–Crippen MR) is 52.2 cm³/mol. The van der Waals surface area contributed by atoms with Crippen molar-refractivity contribution in [3.8, 4) is 0 Å². The molecular formula is C9H13N3O2. The van der Waals surface area contributed by atoms with Gasteiger partial charge in [-0.25, -0.2) is 14.8 Å². The number of rotatable bonds is 3. The van der Waals surface area contributed by atoms with Gasteiger partial charge in [0.05, 0.1) is 0 Å². The van der Waals surface area contributed by atoms with Crippen molar-refractivity contribution < 1.29 is 9.90 Å². The Bertz CT molecular complexity index is 363. The summed E-state index contributed by atoms with van der Waals surface area (Å²) in [6.07, 6.45) is 1.10. The van der Waals surface area contributed by atoms with E-state index in [4.69, 9.17) is 10.8 Å². The second-order valence-electron chi connectivity index (χ2n) is 2.86. The summed E-state index contributed by atoms with van der Waals surface area (Å²) >= 11 is 0. The number of nitrogens with two attached hydrogens (primary N) is 1. The maximum atomic E-state index is 10.9. The van der Waals surface area contributed by atoms with E-state index < -0.39 is 5.97 Å². The van der Waals surface area contributed by atoms with E-state index in [1.54, 1.807) is 0 Å². The molecule has 0 radical (unpaired) electrons. The standard InChI is InChI=1S/C9H13N3O2/c1-3-5-7(9(13)14)11-6(4-2)12-8(5)10/h3-4H2,1-2H3,(H,13,14)(H2,10,11,12). The number of aryl methyl sites for hydroxylation is 1. The number of aromatic carboxylic acids is 1. The van der Waals surface area contributed by atoms with Crippen LogP contribution in [0.25, 0.3) is 0 Å². The highest BCUT2D eigenvalue weighted by atomic mass is 16.4. The summed E-state index contributed by atoms with van der Waals surface area (Å²) in [5.41, 5.74) is 6.17. The Labute approximate surface area is 82.0 Å². The van der Waals surface area contributed by atoms with E-state index in [2.05, 4.69) is 9.97 Å². The lowest BCUT2D eigenvalue weighted by molar-refractivity contribution is 0.0688. The number of carbonyl (C=O) groups is 1. The second kappa shape index (κ2) is 4.04.